The molecule has 1 aliphatic heterocycles. The first-order chi connectivity index (χ1) is 11.5. The molecule has 1 aliphatic rings. The minimum absolute atomic E-state index is 0.146. The summed E-state index contributed by atoms with van der Waals surface area (Å²) in [4.78, 5) is 35.4. The minimum atomic E-state index is -4.70. The average Bonchev–Trinajstić information content (AvgIpc) is 2.92. The van der Waals surface area contributed by atoms with Crippen molar-refractivity contribution in [2.24, 2.45) is 11.8 Å². The van der Waals surface area contributed by atoms with Gasteiger partial charge in [0.1, 0.15) is 0 Å². The fourth-order valence-corrected chi connectivity index (χ4v) is 2.89. The summed E-state index contributed by atoms with van der Waals surface area (Å²) in [5.41, 5.74) is 1.40. The van der Waals surface area contributed by atoms with Gasteiger partial charge < -0.3 is 15.3 Å². The number of Topliss-reactive ketones (excluding diaryl/α,β-unsaturated/α-hetero) is 1. The van der Waals surface area contributed by atoms with Gasteiger partial charge in [-0.1, -0.05) is 0 Å². The van der Waals surface area contributed by atoms with E-state index in [1.807, 2.05) is 0 Å². The van der Waals surface area contributed by atoms with E-state index in [0.717, 1.165) is 4.90 Å². The summed E-state index contributed by atoms with van der Waals surface area (Å²) in [6, 6.07) is 3.69. The highest BCUT2D eigenvalue weighted by Crippen LogP contribution is 2.37. The Labute approximate surface area is 141 Å². The number of hydrogen-bond donors (Lipinski definition) is 2. The van der Waals surface area contributed by atoms with E-state index in [0.29, 0.717) is 16.8 Å². The highest BCUT2D eigenvalue weighted by molar-refractivity contribution is 5.97. The lowest BCUT2D eigenvalue weighted by Gasteiger charge is -2.19. The fourth-order valence-electron chi connectivity index (χ4n) is 2.89. The zero-order valence-corrected chi connectivity index (χ0v) is 13.6. The number of carbonyl (C=O) groups excluding carboxylic acids is 2. The Kier molecular flexibility index (Phi) is 5.05. The molecule has 6 nitrogen and oxygen atoms in total. The van der Waals surface area contributed by atoms with Gasteiger partial charge in [-0.15, -0.1) is 0 Å². The number of alkyl halides is 3. The smallest absolute Gasteiger partial charge is 0.394 e. The molecule has 1 heterocycles. The summed E-state index contributed by atoms with van der Waals surface area (Å²) in [7, 11) is 0. The third-order valence-electron chi connectivity index (χ3n) is 4.20. The molecule has 0 aliphatic carbocycles. The molecule has 2 amide bonds. The van der Waals surface area contributed by atoms with Gasteiger partial charge in [0.25, 0.3) is 0 Å². The van der Waals surface area contributed by atoms with Crippen LogP contribution in [-0.4, -0.2) is 47.1 Å². The predicted molar refractivity (Wildman–Crippen MR) is 82.4 cm³/mol. The summed E-state index contributed by atoms with van der Waals surface area (Å²) in [6.07, 6.45) is -4.70. The van der Waals surface area contributed by atoms with Crippen molar-refractivity contribution in [3.05, 3.63) is 29.3 Å². The van der Waals surface area contributed by atoms with Crippen molar-refractivity contribution in [3.8, 4) is 0 Å². The van der Waals surface area contributed by atoms with Crippen molar-refractivity contribution >= 4 is 23.5 Å². The van der Waals surface area contributed by atoms with E-state index in [1.165, 1.54) is 25.1 Å². The zero-order valence-electron chi connectivity index (χ0n) is 13.6. The quantitative estimate of drug-likeness (QED) is 0.814. The lowest BCUT2D eigenvalue weighted by atomic mass is 9.96. The zero-order chi connectivity index (χ0) is 18.9. The second-order valence-electron chi connectivity index (χ2n) is 6.01. The molecular formula is C16H17F3N2O4. The molecule has 1 fully saturated rings. The van der Waals surface area contributed by atoms with Crippen LogP contribution in [0.5, 0.6) is 0 Å². The number of carbonyl (C=O) groups is 3. The molecule has 0 radical (unpaired) electrons. The highest BCUT2D eigenvalue weighted by atomic mass is 19.4. The number of ketones is 1. The number of aliphatic carboxylic acids is 1. The second-order valence-corrected chi connectivity index (χ2v) is 6.01. The van der Waals surface area contributed by atoms with Crippen LogP contribution in [0.4, 0.5) is 23.7 Å². The van der Waals surface area contributed by atoms with Crippen molar-refractivity contribution in [2.75, 3.05) is 18.4 Å². The molecule has 0 bridgehead atoms. The molecule has 25 heavy (non-hydrogen) atoms. The summed E-state index contributed by atoms with van der Waals surface area (Å²) < 4.78 is 38.9. The maximum Gasteiger partial charge on any atom is 0.394 e. The van der Waals surface area contributed by atoms with Crippen LogP contribution in [0.3, 0.4) is 0 Å². The number of anilines is 1. The lowest BCUT2D eigenvalue weighted by molar-refractivity contribution is -0.187. The van der Waals surface area contributed by atoms with E-state index in [9.17, 15) is 27.6 Å². The van der Waals surface area contributed by atoms with Gasteiger partial charge in [0.2, 0.25) is 0 Å². The molecule has 1 saturated heterocycles. The Hall–Kier alpha value is -2.58. The monoisotopic (exact) mass is 358 g/mol. The average molecular weight is 358 g/mol. The number of hydrogen-bond acceptors (Lipinski definition) is 3. The van der Waals surface area contributed by atoms with Crippen LogP contribution < -0.4 is 5.32 Å². The number of rotatable bonds is 3. The van der Waals surface area contributed by atoms with Gasteiger partial charge in [0.15, 0.2) is 5.78 Å². The number of likely N-dealkylation sites (tertiary alicyclic amines) is 1. The van der Waals surface area contributed by atoms with Gasteiger partial charge in [-0.2, -0.15) is 13.2 Å². The van der Waals surface area contributed by atoms with E-state index in [-0.39, 0.29) is 5.78 Å². The van der Waals surface area contributed by atoms with Crippen LogP contribution in [0.1, 0.15) is 22.8 Å². The number of amides is 2. The number of urea groups is 1. The number of carboxylic acids is 1. The van der Waals surface area contributed by atoms with Crippen molar-refractivity contribution in [1.29, 1.82) is 0 Å². The number of halogens is 3. The third-order valence-corrected chi connectivity index (χ3v) is 4.20. The van der Waals surface area contributed by atoms with Gasteiger partial charge in [-0.05, 0) is 37.6 Å². The SMILES string of the molecule is CC(=O)c1ccc(NC(=O)N2C[C@@H](C(F)(F)F)[C@H](C(=O)O)C2)cc1C. The fraction of sp³-hybridized carbons (Fsp3) is 0.438. The first kappa shape index (κ1) is 18.8. The van der Waals surface area contributed by atoms with Crippen LogP contribution in [0, 0.1) is 18.8 Å². The lowest BCUT2D eigenvalue weighted by Crippen LogP contribution is -2.35. The van der Waals surface area contributed by atoms with E-state index >= 15 is 0 Å². The normalized spacial score (nSPS) is 20.4. The molecule has 1 aromatic carbocycles. The topological polar surface area (TPSA) is 86.7 Å². The van der Waals surface area contributed by atoms with Crippen molar-refractivity contribution < 1.29 is 32.7 Å². The van der Waals surface area contributed by atoms with E-state index < -0.39 is 43.1 Å². The number of benzene rings is 1. The number of carboxylic acid groups (broad SMARTS) is 1. The van der Waals surface area contributed by atoms with Crippen molar-refractivity contribution in [2.45, 2.75) is 20.0 Å². The third kappa shape index (κ3) is 4.09. The van der Waals surface area contributed by atoms with Gasteiger partial charge in [-0.3, -0.25) is 9.59 Å². The maximum atomic E-state index is 13.0. The van der Waals surface area contributed by atoms with Crippen molar-refractivity contribution in [1.82, 2.24) is 4.90 Å². The summed E-state index contributed by atoms with van der Waals surface area (Å²) in [5.74, 6) is -5.52. The van der Waals surface area contributed by atoms with Crippen LogP contribution in [0.15, 0.2) is 18.2 Å². The van der Waals surface area contributed by atoms with Gasteiger partial charge >= 0.3 is 18.2 Å². The molecular weight excluding hydrogens is 341 g/mol. The minimum Gasteiger partial charge on any atom is -0.481 e. The maximum absolute atomic E-state index is 13.0. The Morgan fingerprint density at radius 3 is 2.32 bits per heavy atom. The molecule has 2 rings (SSSR count). The summed E-state index contributed by atoms with van der Waals surface area (Å²) >= 11 is 0. The number of nitrogens with zero attached hydrogens (tertiary/aromatic N) is 1. The van der Waals surface area contributed by atoms with E-state index in [1.54, 1.807) is 6.92 Å². The molecule has 1 aromatic rings. The van der Waals surface area contributed by atoms with Crippen molar-refractivity contribution in [3.63, 3.8) is 0 Å². The van der Waals surface area contributed by atoms with E-state index in [4.69, 9.17) is 5.11 Å². The molecule has 0 spiro atoms. The molecule has 136 valence electrons. The van der Waals surface area contributed by atoms with Crippen LogP contribution in [-0.2, 0) is 4.79 Å². The van der Waals surface area contributed by atoms with E-state index in [2.05, 4.69) is 5.32 Å². The molecule has 9 heteroatoms. The first-order valence-electron chi connectivity index (χ1n) is 7.47. The first-order valence-corrected chi connectivity index (χ1v) is 7.47. The van der Waals surface area contributed by atoms with Gasteiger partial charge in [0.05, 0.1) is 11.8 Å². The Morgan fingerprint density at radius 2 is 1.88 bits per heavy atom. The standard InChI is InChI=1S/C16H17F3N2O4/c1-8-5-10(3-4-11(8)9(2)22)20-15(25)21-6-12(14(23)24)13(7-21)16(17,18)19/h3-5,12-13H,6-7H2,1-2H3,(H,20,25)(H,23,24)/t12-,13-/m1/s1. The molecule has 0 aromatic heterocycles. The predicted octanol–water partition coefficient (Wildman–Crippen LogP) is 2.92. The van der Waals surface area contributed by atoms with Crippen LogP contribution in [0.25, 0.3) is 0 Å². The largest absolute Gasteiger partial charge is 0.481 e. The molecule has 2 N–H and O–H groups in total. The molecule has 2 atom stereocenters. The summed E-state index contributed by atoms with van der Waals surface area (Å²) in [6.45, 7) is 1.84. The Morgan fingerprint density at radius 1 is 1.24 bits per heavy atom. The number of nitrogens with one attached hydrogen (secondary N) is 1. The second kappa shape index (κ2) is 6.73. The highest BCUT2D eigenvalue weighted by Gasteiger charge is 2.53. The summed E-state index contributed by atoms with van der Waals surface area (Å²) in [5, 5.41) is 11.4. The Bertz CT molecular complexity index is 718. The number of aryl methyl sites for hydroxylation is 1. The molecule has 0 saturated carbocycles. The molecule has 0 unspecified atom stereocenters. The van der Waals surface area contributed by atoms with Gasteiger partial charge in [-0.25, -0.2) is 4.79 Å². The van der Waals surface area contributed by atoms with Crippen LogP contribution in [0.2, 0.25) is 0 Å². The van der Waals surface area contributed by atoms with Crippen LogP contribution >= 0.6 is 0 Å². The van der Waals surface area contributed by atoms with Gasteiger partial charge in [0, 0.05) is 24.3 Å². The Balaban J connectivity index is 2.12.